The van der Waals surface area contributed by atoms with E-state index < -0.39 is 0 Å². The Morgan fingerprint density at radius 2 is 1.64 bits per heavy atom. The Morgan fingerprint density at radius 1 is 1.04 bits per heavy atom. The Morgan fingerprint density at radius 3 is 2.21 bits per heavy atom. The van der Waals surface area contributed by atoms with E-state index in [-0.39, 0.29) is 29.1 Å². The number of phenols is 1. The van der Waals surface area contributed by atoms with Gasteiger partial charge in [0.05, 0.1) is 6.21 Å². The highest BCUT2D eigenvalue weighted by molar-refractivity contribution is 5.83. The van der Waals surface area contributed by atoms with E-state index in [9.17, 15) is 9.90 Å². The van der Waals surface area contributed by atoms with Gasteiger partial charge < -0.3 is 9.84 Å². The van der Waals surface area contributed by atoms with Crippen LogP contribution in [0.15, 0.2) is 53.6 Å². The topological polar surface area (TPSA) is 70.9 Å². The molecule has 2 N–H and O–H groups in total. The van der Waals surface area contributed by atoms with Crippen molar-refractivity contribution < 1.29 is 14.6 Å². The number of hydrogen-bond acceptors (Lipinski definition) is 4. The molecule has 0 atom stereocenters. The Kier molecular flexibility index (Phi) is 6.84. The highest BCUT2D eigenvalue weighted by Gasteiger charge is 2.27. The number of nitrogens with zero attached hydrogens (tertiary/aromatic N) is 1. The first-order valence-corrected chi connectivity index (χ1v) is 9.39. The first kappa shape index (κ1) is 21.5. The maximum Gasteiger partial charge on any atom is 0.277 e. The molecule has 2 rings (SSSR count). The van der Waals surface area contributed by atoms with E-state index in [2.05, 4.69) is 57.3 Å². The van der Waals surface area contributed by atoms with Crippen molar-refractivity contribution in [3.63, 3.8) is 0 Å². The van der Waals surface area contributed by atoms with E-state index in [0.29, 0.717) is 5.75 Å². The second kappa shape index (κ2) is 8.91. The summed E-state index contributed by atoms with van der Waals surface area (Å²) < 4.78 is 5.54. The van der Waals surface area contributed by atoms with Crippen molar-refractivity contribution in [2.24, 2.45) is 10.5 Å². The summed E-state index contributed by atoms with van der Waals surface area (Å²) in [4.78, 5) is 11.9. The first-order chi connectivity index (χ1) is 13.0. The van der Waals surface area contributed by atoms with Gasteiger partial charge in [0.15, 0.2) is 6.61 Å². The van der Waals surface area contributed by atoms with Gasteiger partial charge in [0.1, 0.15) is 11.5 Å². The molecule has 5 nitrogen and oxygen atoms in total. The number of ether oxygens (including phenoxy) is 1. The van der Waals surface area contributed by atoms with Crippen molar-refractivity contribution in [3.8, 4) is 11.5 Å². The van der Waals surface area contributed by atoms with Crippen LogP contribution in [0.5, 0.6) is 11.5 Å². The predicted molar refractivity (Wildman–Crippen MR) is 113 cm³/mol. The lowest BCUT2D eigenvalue weighted by atomic mass is 9.72. The molecule has 0 spiro atoms. The van der Waals surface area contributed by atoms with E-state index in [1.165, 1.54) is 11.8 Å². The quantitative estimate of drug-likeness (QED) is 0.541. The van der Waals surface area contributed by atoms with Crippen LogP contribution < -0.4 is 10.2 Å². The molecule has 0 aliphatic rings. The normalized spacial score (nSPS) is 12.2. The standard InChI is InChI=1S/C23H30N2O3/c1-22(2,3)16-23(4,5)18-8-12-20(13-9-18)28-15-21(27)25-24-14-17-6-10-19(26)11-7-17/h6-14,26H,15-16H2,1-5H3,(H,25,27)/b24-14+. The van der Waals surface area contributed by atoms with Gasteiger partial charge in [-0.25, -0.2) is 5.43 Å². The number of rotatable bonds is 7. The number of nitrogens with one attached hydrogen (secondary N) is 1. The fourth-order valence-corrected chi connectivity index (χ4v) is 3.35. The highest BCUT2D eigenvalue weighted by atomic mass is 16.5. The molecular formula is C23H30N2O3. The zero-order valence-electron chi connectivity index (χ0n) is 17.3. The lowest BCUT2D eigenvalue weighted by molar-refractivity contribution is -0.123. The molecule has 1 amide bonds. The lowest BCUT2D eigenvalue weighted by Crippen LogP contribution is -2.25. The van der Waals surface area contributed by atoms with Crippen LogP contribution in [0.4, 0.5) is 0 Å². The molecular weight excluding hydrogens is 352 g/mol. The second-order valence-electron chi connectivity index (χ2n) is 8.82. The van der Waals surface area contributed by atoms with E-state index in [1.54, 1.807) is 24.3 Å². The molecule has 0 aliphatic heterocycles. The van der Waals surface area contributed by atoms with E-state index in [4.69, 9.17) is 4.74 Å². The molecule has 5 heteroatoms. The van der Waals surface area contributed by atoms with Gasteiger partial charge in [-0.1, -0.05) is 46.8 Å². The van der Waals surface area contributed by atoms with Crippen molar-refractivity contribution >= 4 is 12.1 Å². The van der Waals surface area contributed by atoms with Crippen molar-refractivity contribution in [1.82, 2.24) is 5.43 Å². The smallest absolute Gasteiger partial charge is 0.277 e. The van der Waals surface area contributed by atoms with Crippen LogP contribution in [0, 0.1) is 5.41 Å². The van der Waals surface area contributed by atoms with Gasteiger partial charge in [-0.2, -0.15) is 5.10 Å². The largest absolute Gasteiger partial charge is 0.508 e. The van der Waals surface area contributed by atoms with E-state index >= 15 is 0 Å². The summed E-state index contributed by atoms with van der Waals surface area (Å²) in [5, 5.41) is 13.1. The zero-order chi connectivity index (χ0) is 20.8. The van der Waals surface area contributed by atoms with Crippen LogP contribution in [0.25, 0.3) is 0 Å². The minimum atomic E-state index is -0.341. The third-order valence-corrected chi connectivity index (χ3v) is 4.27. The number of benzene rings is 2. The first-order valence-electron chi connectivity index (χ1n) is 9.39. The van der Waals surface area contributed by atoms with Crippen LogP contribution >= 0.6 is 0 Å². The Bertz CT molecular complexity index is 801. The molecule has 28 heavy (non-hydrogen) atoms. The SMILES string of the molecule is CC(C)(C)CC(C)(C)c1ccc(OCC(=O)N/N=C/c2ccc(O)cc2)cc1. The monoisotopic (exact) mass is 382 g/mol. The van der Waals surface area contributed by atoms with Crippen molar-refractivity contribution in [1.29, 1.82) is 0 Å². The van der Waals surface area contributed by atoms with Crippen molar-refractivity contribution in [2.45, 2.75) is 46.5 Å². The molecule has 0 saturated carbocycles. The summed E-state index contributed by atoms with van der Waals surface area (Å²) >= 11 is 0. The van der Waals surface area contributed by atoms with Crippen LogP contribution in [0.2, 0.25) is 0 Å². The van der Waals surface area contributed by atoms with Gasteiger partial charge in [-0.3, -0.25) is 4.79 Å². The number of carbonyl (C=O) groups excluding carboxylic acids is 1. The zero-order valence-corrected chi connectivity index (χ0v) is 17.3. The Balaban J connectivity index is 1.84. The summed E-state index contributed by atoms with van der Waals surface area (Å²) in [5.41, 5.74) is 4.75. The van der Waals surface area contributed by atoms with E-state index in [1.807, 2.05) is 12.1 Å². The summed E-state index contributed by atoms with van der Waals surface area (Å²) in [7, 11) is 0. The lowest BCUT2D eigenvalue weighted by Gasteiger charge is -2.33. The van der Waals surface area contributed by atoms with Crippen LogP contribution in [-0.4, -0.2) is 23.8 Å². The van der Waals surface area contributed by atoms with Gasteiger partial charge in [0.2, 0.25) is 0 Å². The van der Waals surface area contributed by atoms with Gasteiger partial charge >= 0.3 is 0 Å². The third kappa shape index (κ3) is 7.06. The minimum Gasteiger partial charge on any atom is -0.508 e. The molecule has 0 bridgehead atoms. The molecule has 0 aromatic heterocycles. The second-order valence-corrected chi connectivity index (χ2v) is 8.82. The van der Waals surface area contributed by atoms with Crippen molar-refractivity contribution in [2.75, 3.05) is 6.61 Å². The maximum absolute atomic E-state index is 11.9. The molecule has 2 aromatic carbocycles. The Labute approximate surface area is 167 Å². The average Bonchev–Trinajstić information content (AvgIpc) is 2.60. The molecule has 150 valence electrons. The fraction of sp³-hybridized carbons (Fsp3) is 0.391. The number of carbonyl (C=O) groups is 1. The summed E-state index contributed by atoms with van der Waals surface area (Å²) in [6, 6.07) is 14.4. The van der Waals surface area contributed by atoms with Gasteiger partial charge in [0.25, 0.3) is 5.91 Å². The molecule has 0 saturated heterocycles. The van der Waals surface area contributed by atoms with Crippen LogP contribution in [-0.2, 0) is 10.2 Å². The number of aromatic hydroxyl groups is 1. The molecule has 0 aliphatic carbocycles. The van der Waals surface area contributed by atoms with Crippen LogP contribution in [0.3, 0.4) is 0 Å². The number of hydrogen-bond donors (Lipinski definition) is 2. The van der Waals surface area contributed by atoms with Crippen molar-refractivity contribution in [3.05, 3.63) is 59.7 Å². The summed E-state index contributed by atoms with van der Waals surface area (Å²) in [5.74, 6) is 0.488. The molecule has 2 aromatic rings. The Hall–Kier alpha value is -2.82. The van der Waals surface area contributed by atoms with Gasteiger partial charge in [-0.15, -0.1) is 0 Å². The van der Waals surface area contributed by atoms with Gasteiger partial charge in [0, 0.05) is 0 Å². The molecule has 0 fully saturated rings. The summed E-state index contributed by atoms with van der Waals surface area (Å²) in [6.07, 6.45) is 2.57. The number of hydrazone groups is 1. The predicted octanol–water partition coefficient (Wildman–Crippen LogP) is 4.64. The molecule has 0 radical (unpaired) electrons. The summed E-state index contributed by atoms with van der Waals surface area (Å²) in [6.45, 7) is 11.1. The van der Waals surface area contributed by atoms with E-state index in [0.717, 1.165) is 12.0 Å². The third-order valence-electron chi connectivity index (χ3n) is 4.27. The molecule has 0 unspecified atom stereocenters. The van der Waals surface area contributed by atoms with Crippen LogP contribution in [0.1, 0.15) is 52.2 Å². The number of phenolic OH excluding ortho intramolecular Hbond substituents is 1. The maximum atomic E-state index is 11.9. The highest BCUT2D eigenvalue weighted by Crippen LogP contribution is 2.36. The molecule has 0 heterocycles. The number of amides is 1. The average molecular weight is 383 g/mol. The van der Waals surface area contributed by atoms with Gasteiger partial charge in [-0.05, 0) is 64.8 Å². The fourth-order valence-electron chi connectivity index (χ4n) is 3.35. The minimum absolute atomic E-state index is 0.0666.